The molecule has 0 aromatic carbocycles. The number of hydrogen-bond donors (Lipinski definition) is 1. The minimum atomic E-state index is -2.29. The number of carbonyl (C=O) groups is 1. The van der Waals surface area contributed by atoms with E-state index < -0.39 is 12.5 Å². The van der Waals surface area contributed by atoms with E-state index >= 15 is 0 Å². The molecule has 2 fully saturated rings. The van der Waals surface area contributed by atoms with Crippen LogP contribution in [0.3, 0.4) is 0 Å². The van der Waals surface area contributed by atoms with E-state index in [0.29, 0.717) is 26.2 Å². The van der Waals surface area contributed by atoms with E-state index in [-0.39, 0.29) is 18.4 Å². The maximum Gasteiger partial charge on any atom is 0.407 e. The van der Waals surface area contributed by atoms with Crippen molar-refractivity contribution in [3.63, 3.8) is 0 Å². The molecule has 2 aliphatic heterocycles. The summed E-state index contributed by atoms with van der Waals surface area (Å²) in [6, 6.07) is 0. The van der Waals surface area contributed by atoms with Crippen molar-refractivity contribution in [3.8, 4) is 0 Å². The van der Waals surface area contributed by atoms with E-state index in [2.05, 4.69) is 0 Å². The molecule has 1 amide bonds. The first kappa shape index (κ1) is 10.6. The molecule has 0 radical (unpaired) electrons. The Bertz CT molecular complexity index is 248. The zero-order chi connectivity index (χ0) is 11.0. The van der Waals surface area contributed by atoms with Crippen LogP contribution in [0.5, 0.6) is 0 Å². The van der Waals surface area contributed by atoms with E-state index in [1.807, 2.05) is 0 Å². The smallest absolute Gasteiger partial charge is 0.407 e. The number of fused-ring (bicyclic) bond motifs is 1. The van der Waals surface area contributed by atoms with Gasteiger partial charge in [0.15, 0.2) is 0 Å². The van der Waals surface area contributed by atoms with Crippen LogP contribution in [0.15, 0.2) is 0 Å². The van der Waals surface area contributed by atoms with Gasteiger partial charge in [-0.05, 0) is 11.8 Å². The van der Waals surface area contributed by atoms with Gasteiger partial charge < -0.3 is 10.0 Å². The van der Waals surface area contributed by atoms with Gasteiger partial charge in [0, 0.05) is 26.2 Å². The first-order valence-electron chi connectivity index (χ1n) is 5.04. The molecule has 0 spiro atoms. The van der Waals surface area contributed by atoms with E-state index in [1.54, 1.807) is 4.90 Å². The third-order valence-electron chi connectivity index (χ3n) is 3.23. The number of alkyl halides is 2. The normalized spacial score (nSPS) is 31.3. The Morgan fingerprint density at radius 1 is 1.27 bits per heavy atom. The fourth-order valence-electron chi connectivity index (χ4n) is 2.59. The second-order valence-electron chi connectivity index (χ2n) is 4.32. The van der Waals surface area contributed by atoms with Gasteiger partial charge in [0.25, 0.3) is 6.43 Å². The van der Waals surface area contributed by atoms with Crippen molar-refractivity contribution in [3.05, 3.63) is 0 Å². The van der Waals surface area contributed by atoms with E-state index in [9.17, 15) is 13.6 Å². The van der Waals surface area contributed by atoms with E-state index in [1.165, 1.54) is 4.90 Å². The van der Waals surface area contributed by atoms with Crippen molar-refractivity contribution in [2.75, 3.05) is 32.7 Å². The van der Waals surface area contributed by atoms with Crippen LogP contribution in [0.1, 0.15) is 0 Å². The van der Waals surface area contributed by atoms with Gasteiger partial charge in [-0.25, -0.2) is 13.6 Å². The summed E-state index contributed by atoms with van der Waals surface area (Å²) in [6.07, 6.45) is -3.19. The molecular weight excluding hydrogens is 206 g/mol. The fraction of sp³-hybridized carbons (Fsp3) is 0.889. The lowest BCUT2D eigenvalue weighted by Gasteiger charge is -2.19. The molecule has 2 aliphatic rings. The highest BCUT2D eigenvalue weighted by atomic mass is 19.3. The summed E-state index contributed by atoms with van der Waals surface area (Å²) in [7, 11) is 0. The molecule has 0 aromatic heterocycles. The second-order valence-corrected chi connectivity index (χ2v) is 4.32. The van der Waals surface area contributed by atoms with Crippen LogP contribution in [-0.4, -0.2) is 60.1 Å². The van der Waals surface area contributed by atoms with Crippen LogP contribution in [0.25, 0.3) is 0 Å². The van der Waals surface area contributed by atoms with Crippen molar-refractivity contribution >= 4 is 6.09 Å². The quantitative estimate of drug-likeness (QED) is 0.748. The first-order valence-corrected chi connectivity index (χ1v) is 5.04. The summed E-state index contributed by atoms with van der Waals surface area (Å²) in [5.74, 6) is 0.500. The van der Waals surface area contributed by atoms with Gasteiger partial charge in [0.2, 0.25) is 0 Å². The molecule has 0 saturated carbocycles. The average molecular weight is 220 g/mol. The van der Waals surface area contributed by atoms with Gasteiger partial charge in [-0.15, -0.1) is 0 Å². The minimum absolute atomic E-state index is 0.180. The molecule has 2 saturated heterocycles. The number of amides is 1. The van der Waals surface area contributed by atoms with E-state index in [4.69, 9.17) is 5.11 Å². The summed E-state index contributed by atoms with van der Waals surface area (Å²) >= 11 is 0. The maximum atomic E-state index is 12.1. The Morgan fingerprint density at radius 3 is 2.20 bits per heavy atom. The van der Waals surface area contributed by atoms with Crippen LogP contribution in [-0.2, 0) is 0 Å². The number of carboxylic acid groups (broad SMARTS) is 1. The van der Waals surface area contributed by atoms with Gasteiger partial charge in [0.05, 0.1) is 6.54 Å². The molecule has 2 heterocycles. The summed E-state index contributed by atoms with van der Waals surface area (Å²) < 4.78 is 24.2. The predicted molar refractivity (Wildman–Crippen MR) is 49.0 cm³/mol. The molecule has 2 atom stereocenters. The standard InChI is InChI=1S/C9H14F2N2O2/c10-8(11)5-12-1-6-3-13(9(14)15)4-7(6)2-12/h6-8H,1-5H2,(H,14,15)/t6-,7+. The predicted octanol–water partition coefficient (Wildman–Crippen LogP) is 0.793. The third-order valence-corrected chi connectivity index (χ3v) is 3.23. The second kappa shape index (κ2) is 3.92. The van der Waals surface area contributed by atoms with Crippen LogP contribution < -0.4 is 0 Å². The molecule has 0 aliphatic carbocycles. The van der Waals surface area contributed by atoms with Crippen LogP contribution in [0, 0.1) is 11.8 Å². The number of likely N-dealkylation sites (tertiary alicyclic amines) is 2. The first-order chi connectivity index (χ1) is 7.06. The number of halogens is 2. The number of rotatable bonds is 2. The number of nitrogens with zero attached hydrogens (tertiary/aromatic N) is 2. The highest BCUT2D eigenvalue weighted by Crippen LogP contribution is 2.31. The topological polar surface area (TPSA) is 43.8 Å². The third kappa shape index (κ3) is 2.19. The molecule has 86 valence electrons. The van der Waals surface area contributed by atoms with Crippen molar-refractivity contribution in [2.24, 2.45) is 11.8 Å². The van der Waals surface area contributed by atoms with Crippen molar-refractivity contribution < 1.29 is 18.7 Å². The van der Waals surface area contributed by atoms with Gasteiger partial charge >= 0.3 is 6.09 Å². The molecule has 0 unspecified atom stereocenters. The average Bonchev–Trinajstić information content (AvgIpc) is 2.58. The highest BCUT2D eigenvalue weighted by Gasteiger charge is 2.41. The molecular formula is C9H14F2N2O2. The lowest BCUT2D eigenvalue weighted by Crippen LogP contribution is -2.33. The van der Waals surface area contributed by atoms with Crippen molar-refractivity contribution in [1.82, 2.24) is 9.80 Å². The van der Waals surface area contributed by atoms with Crippen LogP contribution in [0.2, 0.25) is 0 Å². The van der Waals surface area contributed by atoms with Gasteiger partial charge in [-0.1, -0.05) is 0 Å². The van der Waals surface area contributed by atoms with Gasteiger partial charge in [-0.3, -0.25) is 4.90 Å². The van der Waals surface area contributed by atoms with Crippen LogP contribution in [0.4, 0.5) is 13.6 Å². The largest absolute Gasteiger partial charge is 0.465 e. The summed E-state index contributed by atoms with van der Waals surface area (Å²) in [4.78, 5) is 13.8. The maximum absolute atomic E-state index is 12.1. The Hall–Kier alpha value is -0.910. The molecule has 15 heavy (non-hydrogen) atoms. The summed E-state index contributed by atoms with van der Waals surface area (Å²) in [5, 5.41) is 8.77. The Kier molecular flexibility index (Phi) is 2.77. The van der Waals surface area contributed by atoms with Crippen molar-refractivity contribution in [2.45, 2.75) is 6.43 Å². The van der Waals surface area contributed by atoms with E-state index in [0.717, 1.165) is 0 Å². The Balaban J connectivity index is 1.85. The fourth-order valence-corrected chi connectivity index (χ4v) is 2.59. The number of hydrogen-bond acceptors (Lipinski definition) is 2. The highest BCUT2D eigenvalue weighted by molar-refractivity contribution is 5.65. The SMILES string of the molecule is O=C(O)N1C[C@H]2CN(CC(F)F)C[C@H]2C1. The minimum Gasteiger partial charge on any atom is -0.465 e. The molecule has 1 N–H and O–H groups in total. The summed E-state index contributed by atoms with van der Waals surface area (Å²) in [5.41, 5.74) is 0. The molecule has 2 rings (SSSR count). The lowest BCUT2D eigenvalue weighted by atomic mass is 10.0. The molecule has 0 bridgehead atoms. The zero-order valence-corrected chi connectivity index (χ0v) is 8.27. The lowest BCUT2D eigenvalue weighted by molar-refractivity contribution is 0.0926. The monoisotopic (exact) mass is 220 g/mol. The van der Waals surface area contributed by atoms with Gasteiger partial charge in [0.1, 0.15) is 0 Å². The molecule has 6 heteroatoms. The zero-order valence-electron chi connectivity index (χ0n) is 8.27. The van der Waals surface area contributed by atoms with Crippen LogP contribution >= 0.6 is 0 Å². The van der Waals surface area contributed by atoms with Crippen molar-refractivity contribution in [1.29, 1.82) is 0 Å². The van der Waals surface area contributed by atoms with Gasteiger partial charge in [-0.2, -0.15) is 0 Å². The molecule has 4 nitrogen and oxygen atoms in total. The molecule has 0 aromatic rings. The Labute approximate surface area is 86.5 Å². The Morgan fingerprint density at radius 2 is 1.80 bits per heavy atom. The summed E-state index contributed by atoms with van der Waals surface area (Å²) in [6.45, 7) is 2.04.